The highest BCUT2D eigenvalue weighted by molar-refractivity contribution is 5.17. The second-order valence-electron chi connectivity index (χ2n) is 3.45. The van der Waals surface area contributed by atoms with Crippen molar-refractivity contribution in [2.45, 2.75) is 6.54 Å². The molecule has 5 nitrogen and oxygen atoms in total. The van der Waals surface area contributed by atoms with Crippen LogP contribution in [-0.4, -0.2) is 41.1 Å². The number of ether oxygens (including phenoxy) is 1. The molecule has 82 valence electrons. The Morgan fingerprint density at radius 3 is 3.00 bits per heavy atom. The summed E-state index contributed by atoms with van der Waals surface area (Å²) in [5.41, 5.74) is 4.50. The summed E-state index contributed by atoms with van der Waals surface area (Å²) in [7, 11) is 0. The normalized spacial score (nSPS) is 17.9. The molecule has 0 aliphatic carbocycles. The van der Waals surface area contributed by atoms with Crippen LogP contribution in [0, 0.1) is 0 Å². The van der Waals surface area contributed by atoms with Gasteiger partial charge in [-0.05, 0) is 0 Å². The number of nitrogens with zero attached hydrogens (tertiary/aromatic N) is 3. The van der Waals surface area contributed by atoms with Crippen molar-refractivity contribution < 1.29 is 4.74 Å². The first-order valence-corrected chi connectivity index (χ1v) is 5.10. The van der Waals surface area contributed by atoms with E-state index in [9.17, 15) is 0 Å². The van der Waals surface area contributed by atoms with Crippen LogP contribution in [0.5, 0.6) is 0 Å². The molecular weight excluding hydrogens is 192 g/mol. The van der Waals surface area contributed by atoms with E-state index >= 15 is 0 Å². The lowest BCUT2D eigenvalue weighted by atomic mass is 10.4. The third-order valence-electron chi connectivity index (χ3n) is 2.36. The van der Waals surface area contributed by atoms with Gasteiger partial charge in [0.2, 0.25) is 0 Å². The summed E-state index contributed by atoms with van der Waals surface area (Å²) in [6.07, 6.45) is 5.48. The molecular formula is C10H16N4O. The Kier molecular flexibility index (Phi) is 3.49. The molecule has 1 saturated heterocycles. The number of aromatic nitrogens is 2. The zero-order valence-electron chi connectivity index (χ0n) is 8.72. The average molecular weight is 208 g/mol. The van der Waals surface area contributed by atoms with Crippen LogP contribution in [0.2, 0.25) is 0 Å². The van der Waals surface area contributed by atoms with Crippen LogP contribution < -0.4 is 5.43 Å². The van der Waals surface area contributed by atoms with Crippen molar-refractivity contribution in [1.82, 2.24) is 20.2 Å². The molecule has 1 N–H and O–H groups in total. The van der Waals surface area contributed by atoms with E-state index in [1.807, 2.05) is 12.4 Å². The summed E-state index contributed by atoms with van der Waals surface area (Å²) in [5.74, 6) is 0. The zero-order valence-corrected chi connectivity index (χ0v) is 8.72. The van der Waals surface area contributed by atoms with Crippen molar-refractivity contribution >= 4 is 6.20 Å². The molecule has 1 aliphatic rings. The van der Waals surface area contributed by atoms with Gasteiger partial charge in [-0.25, -0.2) is 9.69 Å². The van der Waals surface area contributed by atoms with Gasteiger partial charge in [0, 0.05) is 37.6 Å². The fourth-order valence-electron chi connectivity index (χ4n) is 1.49. The smallest absolute Gasteiger partial charge is 0.0608 e. The average Bonchev–Trinajstić information content (AvgIpc) is 2.76. The van der Waals surface area contributed by atoms with Crippen LogP contribution in [0.1, 0.15) is 5.56 Å². The maximum absolute atomic E-state index is 5.26. The van der Waals surface area contributed by atoms with E-state index in [1.165, 1.54) is 0 Å². The summed E-state index contributed by atoms with van der Waals surface area (Å²) >= 11 is 0. The highest BCUT2D eigenvalue weighted by Gasteiger charge is 2.09. The predicted octanol–water partition coefficient (Wildman–Crippen LogP) is 0.320. The molecule has 2 heterocycles. The van der Waals surface area contributed by atoms with E-state index < -0.39 is 0 Å². The summed E-state index contributed by atoms with van der Waals surface area (Å²) in [6, 6.07) is 0. The molecule has 1 aromatic heterocycles. The van der Waals surface area contributed by atoms with E-state index in [0.29, 0.717) is 0 Å². The Morgan fingerprint density at radius 2 is 2.33 bits per heavy atom. The van der Waals surface area contributed by atoms with Gasteiger partial charge in [-0.2, -0.15) is 5.10 Å². The van der Waals surface area contributed by atoms with Crippen molar-refractivity contribution in [2.75, 3.05) is 26.3 Å². The predicted molar refractivity (Wildman–Crippen MR) is 57.8 cm³/mol. The van der Waals surface area contributed by atoms with Gasteiger partial charge in [0.1, 0.15) is 0 Å². The van der Waals surface area contributed by atoms with Gasteiger partial charge in [-0.3, -0.25) is 5.43 Å². The Bertz CT molecular complexity index is 317. The third-order valence-corrected chi connectivity index (χ3v) is 2.36. The molecule has 0 radical (unpaired) electrons. The quantitative estimate of drug-likeness (QED) is 0.774. The second kappa shape index (κ2) is 5.06. The van der Waals surface area contributed by atoms with Crippen LogP contribution in [0.15, 0.2) is 19.0 Å². The molecule has 0 unspecified atom stereocenters. The van der Waals surface area contributed by atoms with Gasteiger partial charge >= 0.3 is 0 Å². The fourth-order valence-corrected chi connectivity index (χ4v) is 1.49. The van der Waals surface area contributed by atoms with Gasteiger partial charge in [0.05, 0.1) is 19.4 Å². The van der Waals surface area contributed by atoms with Gasteiger partial charge in [0.25, 0.3) is 0 Å². The molecule has 0 atom stereocenters. The first kappa shape index (κ1) is 10.4. The van der Waals surface area contributed by atoms with E-state index in [-0.39, 0.29) is 0 Å². The Balaban J connectivity index is 1.79. The standard InChI is InChI=1S/C10H16N4O/c1-2-13-9-10(7-11-13)8-12-14-3-5-15-6-4-14/h2,7,9,12H,1,3-6,8H2. The minimum Gasteiger partial charge on any atom is -0.379 e. The van der Waals surface area contributed by atoms with Gasteiger partial charge in [-0.15, -0.1) is 0 Å². The molecule has 0 amide bonds. The number of morpholine rings is 1. The molecule has 5 heteroatoms. The summed E-state index contributed by atoms with van der Waals surface area (Å²) in [6.45, 7) is 7.94. The first-order chi connectivity index (χ1) is 7.38. The number of hydrogen-bond donors (Lipinski definition) is 1. The second-order valence-corrected chi connectivity index (χ2v) is 3.45. The highest BCUT2D eigenvalue weighted by atomic mass is 16.5. The monoisotopic (exact) mass is 208 g/mol. The van der Waals surface area contributed by atoms with E-state index in [0.717, 1.165) is 38.4 Å². The lowest BCUT2D eigenvalue weighted by Gasteiger charge is -2.26. The first-order valence-electron chi connectivity index (χ1n) is 5.10. The highest BCUT2D eigenvalue weighted by Crippen LogP contribution is 1.99. The maximum atomic E-state index is 5.26. The van der Waals surface area contributed by atoms with E-state index in [1.54, 1.807) is 10.9 Å². The summed E-state index contributed by atoms with van der Waals surface area (Å²) in [4.78, 5) is 0. The molecule has 0 bridgehead atoms. The number of nitrogens with one attached hydrogen (secondary N) is 1. The van der Waals surface area contributed by atoms with Gasteiger partial charge < -0.3 is 4.74 Å². The SMILES string of the molecule is C=Cn1cc(CNN2CCOCC2)cn1. The van der Waals surface area contributed by atoms with E-state index in [4.69, 9.17) is 4.74 Å². The lowest BCUT2D eigenvalue weighted by molar-refractivity contribution is 0.0106. The molecule has 1 fully saturated rings. The number of hydrogen-bond acceptors (Lipinski definition) is 4. The molecule has 0 spiro atoms. The van der Waals surface area contributed by atoms with Gasteiger partial charge in [-0.1, -0.05) is 6.58 Å². The molecule has 1 aromatic rings. The molecule has 0 aromatic carbocycles. The van der Waals surface area contributed by atoms with Crippen LogP contribution in [0.25, 0.3) is 6.20 Å². The van der Waals surface area contributed by atoms with Crippen molar-refractivity contribution in [1.29, 1.82) is 0 Å². The minimum absolute atomic E-state index is 0.799. The topological polar surface area (TPSA) is 42.3 Å². The van der Waals surface area contributed by atoms with Gasteiger partial charge in [0.15, 0.2) is 0 Å². The lowest BCUT2D eigenvalue weighted by Crippen LogP contribution is -2.45. The van der Waals surface area contributed by atoms with Crippen molar-refractivity contribution in [2.24, 2.45) is 0 Å². The van der Waals surface area contributed by atoms with E-state index in [2.05, 4.69) is 22.1 Å². The molecule has 0 saturated carbocycles. The number of hydrazine groups is 1. The van der Waals surface area contributed by atoms with Crippen molar-refractivity contribution in [3.63, 3.8) is 0 Å². The largest absolute Gasteiger partial charge is 0.379 e. The van der Waals surface area contributed by atoms with Crippen LogP contribution in [0.3, 0.4) is 0 Å². The Hall–Kier alpha value is -1.17. The maximum Gasteiger partial charge on any atom is 0.0608 e. The Labute approximate surface area is 89.3 Å². The fraction of sp³-hybridized carbons (Fsp3) is 0.500. The van der Waals surface area contributed by atoms with Crippen molar-refractivity contribution in [3.8, 4) is 0 Å². The number of rotatable bonds is 4. The third kappa shape index (κ3) is 2.89. The summed E-state index contributed by atoms with van der Waals surface area (Å²) in [5, 5.41) is 6.29. The molecule has 2 rings (SSSR count). The zero-order chi connectivity index (χ0) is 10.5. The van der Waals surface area contributed by atoms with Crippen molar-refractivity contribution in [3.05, 3.63) is 24.5 Å². The van der Waals surface area contributed by atoms with Crippen LogP contribution >= 0.6 is 0 Å². The van der Waals surface area contributed by atoms with Crippen LogP contribution in [-0.2, 0) is 11.3 Å². The Morgan fingerprint density at radius 1 is 1.53 bits per heavy atom. The molecule has 1 aliphatic heterocycles. The summed E-state index contributed by atoms with van der Waals surface area (Å²) < 4.78 is 6.97. The van der Waals surface area contributed by atoms with Crippen LogP contribution in [0.4, 0.5) is 0 Å². The minimum atomic E-state index is 0.799. The molecule has 15 heavy (non-hydrogen) atoms.